The zero-order valence-corrected chi connectivity index (χ0v) is 9.78. The highest BCUT2D eigenvalue weighted by atomic mass is 32.1. The second-order valence-electron chi connectivity index (χ2n) is 3.96. The van der Waals surface area contributed by atoms with Gasteiger partial charge in [0, 0.05) is 23.3 Å². The maximum Gasteiger partial charge on any atom is 0.155 e. The SMILES string of the molecule is N#CC1(c2nc(-c3ccncc3)cs2)COC1. The van der Waals surface area contributed by atoms with Crippen LogP contribution in [0.25, 0.3) is 11.3 Å². The molecular formula is C12H9N3OS. The highest BCUT2D eigenvalue weighted by molar-refractivity contribution is 7.10. The predicted molar refractivity (Wildman–Crippen MR) is 63.5 cm³/mol. The van der Waals surface area contributed by atoms with E-state index in [4.69, 9.17) is 4.74 Å². The van der Waals surface area contributed by atoms with Gasteiger partial charge in [-0.05, 0) is 12.1 Å². The van der Waals surface area contributed by atoms with Gasteiger partial charge in [0.25, 0.3) is 0 Å². The van der Waals surface area contributed by atoms with E-state index in [0.29, 0.717) is 13.2 Å². The standard InChI is InChI=1S/C12H9N3OS/c13-6-12(7-16-8-12)11-15-10(5-17-11)9-1-3-14-4-2-9/h1-5H,7-8H2. The van der Waals surface area contributed by atoms with Crippen molar-refractivity contribution in [3.8, 4) is 17.3 Å². The van der Waals surface area contributed by atoms with Gasteiger partial charge in [-0.15, -0.1) is 11.3 Å². The molecule has 0 aliphatic carbocycles. The Morgan fingerprint density at radius 1 is 1.35 bits per heavy atom. The summed E-state index contributed by atoms with van der Waals surface area (Å²) in [7, 11) is 0. The highest BCUT2D eigenvalue weighted by Crippen LogP contribution is 2.35. The first-order valence-corrected chi connectivity index (χ1v) is 6.07. The number of thiazole rings is 1. The summed E-state index contributed by atoms with van der Waals surface area (Å²) >= 11 is 1.52. The van der Waals surface area contributed by atoms with Crippen LogP contribution in [-0.4, -0.2) is 23.2 Å². The van der Waals surface area contributed by atoms with Gasteiger partial charge < -0.3 is 4.74 Å². The van der Waals surface area contributed by atoms with Gasteiger partial charge in [-0.2, -0.15) is 5.26 Å². The van der Waals surface area contributed by atoms with Crippen molar-refractivity contribution >= 4 is 11.3 Å². The second-order valence-corrected chi connectivity index (χ2v) is 4.82. The largest absolute Gasteiger partial charge is 0.377 e. The van der Waals surface area contributed by atoms with Gasteiger partial charge in [0.05, 0.1) is 25.0 Å². The van der Waals surface area contributed by atoms with Crippen LogP contribution in [0, 0.1) is 11.3 Å². The summed E-state index contributed by atoms with van der Waals surface area (Å²) in [5, 5.41) is 12.0. The van der Waals surface area contributed by atoms with Crippen molar-refractivity contribution in [1.82, 2.24) is 9.97 Å². The molecule has 4 nitrogen and oxygen atoms in total. The molecule has 0 bridgehead atoms. The molecule has 0 saturated carbocycles. The molecule has 0 aromatic carbocycles. The topological polar surface area (TPSA) is 58.8 Å². The van der Waals surface area contributed by atoms with Crippen molar-refractivity contribution in [1.29, 1.82) is 5.26 Å². The normalized spacial score (nSPS) is 17.1. The number of nitrogens with zero attached hydrogens (tertiary/aromatic N) is 3. The van der Waals surface area contributed by atoms with E-state index in [2.05, 4.69) is 16.0 Å². The molecule has 0 radical (unpaired) electrons. The number of pyridine rings is 1. The van der Waals surface area contributed by atoms with Crippen LogP contribution in [0.3, 0.4) is 0 Å². The molecule has 0 atom stereocenters. The van der Waals surface area contributed by atoms with E-state index in [9.17, 15) is 5.26 Å². The first kappa shape index (κ1) is 10.4. The highest BCUT2D eigenvalue weighted by Gasteiger charge is 2.43. The van der Waals surface area contributed by atoms with E-state index in [1.54, 1.807) is 12.4 Å². The summed E-state index contributed by atoms with van der Waals surface area (Å²) < 4.78 is 5.13. The predicted octanol–water partition coefficient (Wildman–Crippen LogP) is 2.00. The molecule has 0 amide bonds. The molecule has 0 spiro atoms. The zero-order chi connectivity index (χ0) is 11.7. The maximum atomic E-state index is 9.20. The van der Waals surface area contributed by atoms with Crippen LogP contribution in [-0.2, 0) is 10.2 Å². The molecule has 0 N–H and O–H groups in total. The zero-order valence-electron chi connectivity index (χ0n) is 8.96. The fourth-order valence-electron chi connectivity index (χ4n) is 1.69. The Kier molecular flexibility index (Phi) is 2.39. The van der Waals surface area contributed by atoms with Crippen molar-refractivity contribution in [3.05, 3.63) is 34.9 Å². The first-order valence-electron chi connectivity index (χ1n) is 5.19. The van der Waals surface area contributed by atoms with Gasteiger partial charge >= 0.3 is 0 Å². The molecule has 1 saturated heterocycles. The third kappa shape index (κ3) is 1.62. The average Bonchev–Trinajstić information content (AvgIpc) is 2.80. The molecule has 5 heteroatoms. The van der Waals surface area contributed by atoms with Crippen molar-refractivity contribution < 1.29 is 4.74 Å². The molecule has 2 aromatic heterocycles. The van der Waals surface area contributed by atoms with Crippen molar-refractivity contribution in [3.63, 3.8) is 0 Å². The van der Waals surface area contributed by atoms with Crippen LogP contribution < -0.4 is 0 Å². The number of aromatic nitrogens is 2. The minimum absolute atomic E-state index is 0.451. The Labute approximate surface area is 103 Å². The van der Waals surface area contributed by atoms with Gasteiger partial charge in [-0.1, -0.05) is 0 Å². The second kappa shape index (κ2) is 3.91. The smallest absolute Gasteiger partial charge is 0.155 e. The molecule has 1 fully saturated rings. The Morgan fingerprint density at radius 3 is 2.71 bits per heavy atom. The van der Waals surface area contributed by atoms with E-state index in [0.717, 1.165) is 16.3 Å². The molecule has 3 rings (SSSR count). The van der Waals surface area contributed by atoms with Crippen LogP contribution in [0.1, 0.15) is 5.01 Å². The fraction of sp³-hybridized carbons (Fsp3) is 0.250. The van der Waals surface area contributed by atoms with Gasteiger partial charge in [0.2, 0.25) is 0 Å². The van der Waals surface area contributed by atoms with E-state index in [-0.39, 0.29) is 0 Å². The lowest BCUT2D eigenvalue weighted by molar-refractivity contribution is -0.0298. The van der Waals surface area contributed by atoms with Crippen LogP contribution in [0.15, 0.2) is 29.9 Å². The molecule has 84 valence electrons. The number of hydrogen-bond acceptors (Lipinski definition) is 5. The summed E-state index contributed by atoms with van der Waals surface area (Å²) in [5.41, 5.74) is 1.40. The quantitative estimate of drug-likeness (QED) is 0.809. The van der Waals surface area contributed by atoms with Crippen LogP contribution >= 0.6 is 11.3 Å². The summed E-state index contributed by atoms with van der Waals surface area (Å²) in [6, 6.07) is 6.13. The Morgan fingerprint density at radius 2 is 2.12 bits per heavy atom. The molecule has 1 aliphatic heterocycles. The van der Waals surface area contributed by atoms with E-state index >= 15 is 0 Å². The summed E-state index contributed by atoms with van der Waals surface area (Å²) in [6.07, 6.45) is 3.47. The lowest BCUT2D eigenvalue weighted by Gasteiger charge is -2.32. The number of ether oxygens (including phenoxy) is 1. The van der Waals surface area contributed by atoms with Crippen molar-refractivity contribution in [2.75, 3.05) is 13.2 Å². The molecule has 1 aliphatic rings. The van der Waals surface area contributed by atoms with E-state index in [1.165, 1.54) is 11.3 Å². The Balaban J connectivity index is 1.97. The average molecular weight is 243 g/mol. The minimum atomic E-state index is -0.518. The number of rotatable bonds is 2. The number of nitriles is 1. The maximum absolute atomic E-state index is 9.20. The Bertz CT molecular complexity index is 569. The van der Waals surface area contributed by atoms with Gasteiger partial charge in [-0.25, -0.2) is 4.98 Å². The van der Waals surface area contributed by atoms with Crippen LogP contribution in [0.2, 0.25) is 0 Å². The van der Waals surface area contributed by atoms with E-state index in [1.807, 2.05) is 17.5 Å². The fourth-order valence-corrected chi connectivity index (χ4v) is 2.64. The molecule has 17 heavy (non-hydrogen) atoms. The summed E-state index contributed by atoms with van der Waals surface area (Å²) in [4.78, 5) is 8.51. The van der Waals surface area contributed by atoms with Gasteiger partial charge in [0.15, 0.2) is 5.41 Å². The molecule has 2 aromatic rings. The summed E-state index contributed by atoms with van der Waals surface area (Å²) in [6.45, 7) is 0.902. The lowest BCUT2D eigenvalue weighted by atomic mass is 9.89. The lowest BCUT2D eigenvalue weighted by Crippen LogP contribution is -2.45. The molecule has 0 unspecified atom stereocenters. The Hall–Kier alpha value is -1.77. The van der Waals surface area contributed by atoms with Gasteiger partial charge in [-0.3, -0.25) is 4.98 Å². The molecular weight excluding hydrogens is 234 g/mol. The number of hydrogen-bond donors (Lipinski definition) is 0. The van der Waals surface area contributed by atoms with Crippen LogP contribution in [0.4, 0.5) is 0 Å². The van der Waals surface area contributed by atoms with Crippen molar-refractivity contribution in [2.24, 2.45) is 0 Å². The van der Waals surface area contributed by atoms with E-state index < -0.39 is 5.41 Å². The van der Waals surface area contributed by atoms with Gasteiger partial charge in [0.1, 0.15) is 5.01 Å². The minimum Gasteiger partial charge on any atom is -0.377 e. The third-order valence-electron chi connectivity index (χ3n) is 2.80. The van der Waals surface area contributed by atoms with Crippen molar-refractivity contribution in [2.45, 2.75) is 5.41 Å². The summed E-state index contributed by atoms with van der Waals surface area (Å²) in [5.74, 6) is 0. The third-order valence-corrected chi connectivity index (χ3v) is 3.85. The monoisotopic (exact) mass is 243 g/mol. The first-order chi connectivity index (χ1) is 8.34. The molecule has 3 heterocycles. The van der Waals surface area contributed by atoms with Crippen LogP contribution in [0.5, 0.6) is 0 Å².